The van der Waals surface area contributed by atoms with Crippen LogP contribution in [0.15, 0.2) is 10.5 Å². The molecule has 2 aromatic rings. The Morgan fingerprint density at radius 3 is 2.85 bits per heavy atom. The average Bonchev–Trinajstić information content (AvgIpc) is 2.51. The molecule has 0 atom stereocenters. The van der Waals surface area contributed by atoms with Crippen LogP contribution in [0.3, 0.4) is 0 Å². The standard InChI is InChI=1S/C9H9NO2S/c1-4-3-6-9(13-4)7(10)8(12-6)5(2)11/h3H,10H2,1-2H3. The summed E-state index contributed by atoms with van der Waals surface area (Å²) in [5.74, 6) is 0.153. The Labute approximate surface area is 79.1 Å². The summed E-state index contributed by atoms with van der Waals surface area (Å²) in [7, 11) is 0. The molecule has 3 nitrogen and oxygen atoms in total. The Balaban J connectivity index is 2.76. The maximum Gasteiger partial charge on any atom is 0.197 e. The predicted octanol–water partition coefficient (Wildman–Crippen LogP) is 2.59. The van der Waals surface area contributed by atoms with Crippen LogP contribution < -0.4 is 5.73 Å². The maximum absolute atomic E-state index is 11.0. The molecule has 2 rings (SSSR count). The van der Waals surface area contributed by atoms with Crippen LogP contribution in [0.1, 0.15) is 22.4 Å². The van der Waals surface area contributed by atoms with Crippen LogP contribution in [0.2, 0.25) is 0 Å². The van der Waals surface area contributed by atoms with E-state index in [1.165, 1.54) is 6.92 Å². The van der Waals surface area contributed by atoms with Gasteiger partial charge in [-0.15, -0.1) is 11.3 Å². The Bertz CT molecular complexity index is 481. The summed E-state index contributed by atoms with van der Waals surface area (Å²) >= 11 is 1.55. The third-order valence-electron chi connectivity index (χ3n) is 1.84. The molecule has 0 bridgehead atoms. The SMILES string of the molecule is CC(=O)c1oc2cc(C)sc2c1N. The van der Waals surface area contributed by atoms with Gasteiger partial charge >= 0.3 is 0 Å². The topological polar surface area (TPSA) is 56.2 Å². The number of anilines is 1. The molecule has 0 aromatic carbocycles. The van der Waals surface area contributed by atoms with Gasteiger partial charge in [0.25, 0.3) is 0 Å². The molecule has 0 aliphatic heterocycles. The fraction of sp³-hybridized carbons (Fsp3) is 0.222. The van der Waals surface area contributed by atoms with E-state index in [1.807, 2.05) is 13.0 Å². The first kappa shape index (κ1) is 8.31. The molecule has 4 heteroatoms. The number of nitrogen functional groups attached to an aromatic ring is 1. The number of fused-ring (bicyclic) bond motifs is 1. The lowest BCUT2D eigenvalue weighted by Gasteiger charge is -1.89. The monoisotopic (exact) mass is 195 g/mol. The third-order valence-corrected chi connectivity index (χ3v) is 2.91. The van der Waals surface area contributed by atoms with E-state index >= 15 is 0 Å². The van der Waals surface area contributed by atoms with Gasteiger partial charge in [0, 0.05) is 11.8 Å². The highest BCUT2D eigenvalue weighted by atomic mass is 32.1. The van der Waals surface area contributed by atoms with Crippen molar-refractivity contribution >= 4 is 33.1 Å². The van der Waals surface area contributed by atoms with Gasteiger partial charge in [-0.2, -0.15) is 0 Å². The van der Waals surface area contributed by atoms with Gasteiger partial charge in [0.1, 0.15) is 5.58 Å². The summed E-state index contributed by atoms with van der Waals surface area (Å²) in [5.41, 5.74) is 6.94. The molecule has 0 amide bonds. The number of nitrogens with two attached hydrogens (primary N) is 1. The molecule has 0 unspecified atom stereocenters. The fourth-order valence-corrected chi connectivity index (χ4v) is 2.18. The summed E-state index contributed by atoms with van der Waals surface area (Å²) < 4.78 is 6.19. The Kier molecular flexibility index (Phi) is 1.66. The number of aryl methyl sites for hydroxylation is 1. The van der Waals surface area contributed by atoms with Crippen LogP contribution in [0.25, 0.3) is 10.3 Å². The van der Waals surface area contributed by atoms with Gasteiger partial charge in [-0.05, 0) is 13.0 Å². The zero-order chi connectivity index (χ0) is 9.59. The first-order valence-electron chi connectivity index (χ1n) is 3.89. The lowest BCUT2D eigenvalue weighted by molar-refractivity contribution is 0.0990. The van der Waals surface area contributed by atoms with Gasteiger partial charge in [-0.3, -0.25) is 4.79 Å². The van der Waals surface area contributed by atoms with Gasteiger partial charge in [-0.25, -0.2) is 0 Å². The van der Waals surface area contributed by atoms with Crippen LogP contribution in [0, 0.1) is 6.92 Å². The number of rotatable bonds is 1. The van der Waals surface area contributed by atoms with Gasteiger partial charge in [0.15, 0.2) is 11.5 Å². The maximum atomic E-state index is 11.0. The molecule has 0 spiro atoms. The minimum atomic E-state index is -0.126. The van der Waals surface area contributed by atoms with E-state index in [-0.39, 0.29) is 11.5 Å². The summed E-state index contributed by atoms with van der Waals surface area (Å²) in [6.45, 7) is 3.43. The fourth-order valence-electron chi connectivity index (χ4n) is 1.28. The highest BCUT2D eigenvalue weighted by molar-refractivity contribution is 7.19. The normalized spacial score (nSPS) is 10.9. The molecular formula is C9H9NO2S. The lowest BCUT2D eigenvalue weighted by atomic mass is 10.3. The number of carbonyl (C=O) groups excluding carboxylic acids is 1. The van der Waals surface area contributed by atoms with E-state index in [2.05, 4.69) is 0 Å². The number of hydrogen-bond donors (Lipinski definition) is 1. The van der Waals surface area contributed by atoms with Crippen LogP contribution >= 0.6 is 11.3 Å². The van der Waals surface area contributed by atoms with Crippen LogP contribution in [0.5, 0.6) is 0 Å². The van der Waals surface area contributed by atoms with Crippen molar-refractivity contribution in [1.82, 2.24) is 0 Å². The van der Waals surface area contributed by atoms with E-state index in [9.17, 15) is 4.79 Å². The average molecular weight is 195 g/mol. The van der Waals surface area contributed by atoms with Crippen molar-refractivity contribution in [1.29, 1.82) is 0 Å². The zero-order valence-electron chi connectivity index (χ0n) is 7.38. The smallest absolute Gasteiger partial charge is 0.197 e. The third kappa shape index (κ3) is 1.14. The number of Topliss-reactive ketones (excluding diaryl/α,β-unsaturated/α-hetero) is 1. The van der Waals surface area contributed by atoms with Crippen molar-refractivity contribution in [3.05, 3.63) is 16.7 Å². The molecule has 2 N–H and O–H groups in total. The van der Waals surface area contributed by atoms with Crippen molar-refractivity contribution in [2.24, 2.45) is 0 Å². The Morgan fingerprint density at radius 1 is 1.62 bits per heavy atom. The van der Waals surface area contributed by atoms with E-state index in [0.717, 1.165) is 9.58 Å². The van der Waals surface area contributed by atoms with Crippen LogP contribution in [-0.2, 0) is 0 Å². The molecule has 13 heavy (non-hydrogen) atoms. The van der Waals surface area contributed by atoms with Crippen molar-refractivity contribution in [2.75, 3.05) is 5.73 Å². The molecule has 2 aromatic heterocycles. The summed E-state index contributed by atoms with van der Waals surface area (Å²) in [6.07, 6.45) is 0. The largest absolute Gasteiger partial charge is 0.450 e. The van der Waals surface area contributed by atoms with Crippen molar-refractivity contribution in [2.45, 2.75) is 13.8 Å². The molecule has 0 fully saturated rings. The minimum absolute atomic E-state index is 0.126. The minimum Gasteiger partial charge on any atom is -0.450 e. The highest BCUT2D eigenvalue weighted by Gasteiger charge is 2.16. The Hall–Kier alpha value is -1.29. The summed E-state index contributed by atoms with van der Waals surface area (Å²) in [5, 5.41) is 0. The number of thiophene rings is 1. The number of furan rings is 1. The molecule has 0 saturated heterocycles. The molecule has 2 heterocycles. The second-order valence-electron chi connectivity index (χ2n) is 2.95. The van der Waals surface area contributed by atoms with Crippen molar-refractivity contribution in [3.63, 3.8) is 0 Å². The van der Waals surface area contributed by atoms with Gasteiger partial charge in [-0.1, -0.05) is 0 Å². The molecule has 0 aliphatic rings. The Morgan fingerprint density at radius 2 is 2.31 bits per heavy atom. The quantitative estimate of drug-likeness (QED) is 0.711. The number of carbonyl (C=O) groups is 1. The van der Waals surface area contributed by atoms with Gasteiger partial charge < -0.3 is 10.2 Å². The van der Waals surface area contributed by atoms with E-state index < -0.39 is 0 Å². The van der Waals surface area contributed by atoms with Crippen molar-refractivity contribution in [3.8, 4) is 0 Å². The van der Waals surface area contributed by atoms with Crippen molar-refractivity contribution < 1.29 is 9.21 Å². The predicted molar refractivity (Wildman–Crippen MR) is 53.2 cm³/mol. The number of hydrogen-bond acceptors (Lipinski definition) is 4. The van der Waals surface area contributed by atoms with Crippen LogP contribution in [0.4, 0.5) is 5.69 Å². The van der Waals surface area contributed by atoms with Crippen LogP contribution in [-0.4, -0.2) is 5.78 Å². The summed E-state index contributed by atoms with van der Waals surface area (Å²) in [4.78, 5) is 12.2. The molecule has 0 radical (unpaired) electrons. The van der Waals surface area contributed by atoms with Gasteiger partial charge in [0.05, 0.1) is 10.4 Å². The molecule has 68 valence electrons. The van der Waals surface area contributed by atoms with E-state index in [1.54, 1.807) is 11.3 Å². The zero-order valence-corrected chi connectivity index (χ0v) is 8.20. The highest BCUT2D eigenvalue weighted by Crippen LogP contribution is 2.35. The first-order chi connectivity index (χ1) is 6.09. The molecular weight excluding hydrogens is 186 g/mol. The van der Waals surface area contributed by atoms with E-state index in [4.69, 9.17) is 10.2 Å². The molecule has 0 saturated carbocycles. The molecule has 0 aliphatic carbocycles. The second-order valence-corrected chi connectivity index (χ2v) is 4.21. The summed E-state index contributed by atoms with van der Waals surface area (Å²) in [6, 6.07) is 1.89. The lowest BCUT2D eigenvalue weighted by Crippen LogP contribution is -1.94. The van der Waals surface area contributed by atoms with Gasteiger partial charge in [0.2, 0.25) is 0 Å². The second kappa shape index (κ2) is 2.60. The number of ketones is 1. The van der Waals surface area contributed by atoms with E-state index in [0.29, 0.717) is 11.3 Å². The first-order valence-corrected chi connectivity index (χ1v) is 4.70.